The van der Waals surface area contributed by atoms with Crippen molar-refractivity contribution in [3.05, 3.63) is 34.9 Å². The predicted octanol–water partition coefficient (Wildman–Crippen LogP) is 2.56. The molecule has 0 aliphatic rings. The molecule has 0 spiro atoms. The first-order valence-corrected chi connectivity index (χ1v) is 5.78. The Balaban J connectivity index is 2.59. The maximum atomic E-state index is 11.2. The number of hydrogen-bond acceptors (Lipinski definition) is 3. The van der Waals surface area contributed by atoms with E-state index in [2.05, 4.69) is 6.07 Å². The number of benzene rings is 1. The Morgan fingerprint density at radius 3 is 2.82 bits per heavy atom. The van der Waals surface area contributed by atoms with Crippen LogP contribution < -0.4 is 0 Å². The molecule has 90 valence electrons. The lowest BCUT2D eigenvalue weighted by Crippen LogP contribution is -2.05. The van der Waals surface area contributed by atoms with Gasteiger partial charge in [-0.2, -0.15) is 5.26 Å². The Labute approximate surface area is 102 Å². The summed E-state index contributed by atoms with van der Waals surface area (Å²) >= 11 is 0. The Bertz CT molecular complexity index is 432. The Hall–Kier alpha value is -1.82. The molecule has 17 heavy (non-hydrogen) atoms. The van der Waals surface area contributed by atoms with Gasteiger partial charge in [-0.15, -0.1) is 0 Å². The molecule has 0 aromatic heterocycles. The van der Waals surface area contributed by atoms with Crippen molar-refractivity contribution in [3.63, 3.8) is 0 Å². The van der Waals surface area contributed by atoms with E-state index < -0.39 is 0 Å². The lowest BCUT2D eigenvalue weighted by molar-refractivity contribution is -0.143. The van der Waals surface area contributed by atoms with Crippen LogP contribution in [0.3, 0.4) is 0 Å². The topological polar surface area (TPSA) is 50.1 Å². The second-order valence-electron chi connectivity index (χ2n) is 3.90. The third-order valence-corrected chi connectivity index (χ3v) is 2.60. The molecule has 0 unspecified atom stereocenters. The van der Waals surface area contributed by atoms with Crippen molar-refractivity contribution in [2.24, 2.45) is 0 Å². The van der Waals surface area contributed by atoms with Gasteiger partial charge in [0.2, 0.25) is 0 Å². The Morgan fingerprint density at radius 2 is 2.24 bits per heavy atom. The second-order valence-corrected chi connectivity index (χ2v) is 3.90. The van der Waals surface area contributed by atoms with Crippen LogP contribution in [0, 0.1) is 18.3 Å². The standard InChI is InChI=1S/C14H17NO2/c1-3-17-14(16)7-5-12-4-6-13(8-9-15)11(2)10-12/h4,6,10H,3,5,7-8H2,1-2H3. The zero-order valence-corrected chi connectivity index (χ0v) is 10.3. The minimum Gasteiger partial charge on any atom is -0.466 e. The van der Waals surface area contributed by atoms with Crippen molar-refractivity contribution in [2.45, 2.75) is 33.1 Å². The number of esters is 1. The Kier molecular flexibility index (Phi) is 5.22. The summed E-state index contributed by atoms with van der Waals surface area (Å²) in [5, 5.41) is 8.64. The van der Waals surface area contributed by atoms with Crippen LogP contribution in [-0.2, 0) is 22.4 Å². The van der Waals surface area contributed by atoms with Gasteiger partial charge < -0.3 is 4.74 Å². The van der Waals surface area contributed by atoms with Crippen molar-refractivity contribution in [3.8, 4) is 6.07 Å². The summed E-state index contributed by atoms with van der Waals surface area (Å²) in [6, 6.07) is 8.10. The number of ether oxygens (including phenoxy) is 1. The maximum Gasteiger partial charge on any atom is 0.306 e. The molecule has 0 radical (unpaired) electrons. The van der Waals surface area contributed by atoms with Crippen LogP contribution in [-0.4, -0.2) is 12.6 Å². The first kappa shape index (κ1) is 13.2. The average Bonchev–Trinajstić information content (AvgIpc) is 2.30. The van der Waals surface area contributed by atoms with E-state index in [-0.39, 0.29) is 5.97 Å². The zero-order chi connectivity index (χ0) is 12.7. The monoisotopic (exact) mass is 231 g/mol. The van der Waals surface area contributed by atoms with Crippen LogP contribution in [0.5, 0.6) is 0 Å². The first-order valence-electron chi connectivity index (χ1n) is 5.78. The molecule has 1 aromatic carbocycles. The average molecular weight is 231 g/mol. The highest BCUT2D eigenvalue weighted by Gasteiger charge is 2.04. The molecule has 0 aliphatic carbocycles. The number of nitriles is 1. The summed E-state index contributed by atoms with van der Waals surface area (Å²) in [5.74, 6) is -0.161. The highest BCUT2D eigenvalue weighted by Crippen LogP contribution is 2.13. The molecule has 0 heterocycles. The smallest absolute Gasteiger partial charge is 0.306 e. The summed E-state index contributed by atoms with van der Waals surface area (Å²) < 4.78 is 4.87. The minimum absolute atomic E-state index is 0.161. The number of rotatable bonds is 5. The molecular weight excluding hydrogens is 214 g/mol. The number of nitrogens with zero attached hydrogens (tertiary/aromatic N) is 1. The summed E-state index contributed by atoms with van der Waals surface area (Å²) in [7, 11) is 0. The largest absolute Gasteiger partial charge is 0.466 e. The number of hydrogen-bond donors (Lipinski definition) is 0. The van der Waals surface area contributed by atoms with Gasteiger partial charge in [-0.05, 0) is 37.0 Å². The second kappa shape index (κ2) is 6.70. The van der Waals surface area contributed by atoms with Crippen molar-refractivity contribution < 1.29 is 9.53 Å². The van der Waals surface area contributed by atoms with Gasteiger partial charge in [0.1, 0.15) is 0 Å². The van der Waals surface area contributed by atoms with Gasteiger partial charge in [0.25, 0.3) is 0 Å². The molecule has 0 fully saturated rings. The number of carbonyl (C=O) groups is 1. The number of aryl methyl sites for hydroxylation is 2. The molecule has 1 aromatic rings. The van der Waals surface area contributed by atoms with Crippen molar-refractivity contribution in [1.82, 2.24) is 0 Å². The lowest BCUT2D eigenvalue weighted by atomic mass is 10.0. The fraction of sp³-hybridized carbons (Fsp3) is 0.429. The van der Waals surface area contributed by atoms with Gasteiger partial charge in [-0.3, -0.25) is 4.79 Å². The van der Waals surface area contributed by atoms with Crippen molar-refractivity contribution in [2.75, 3.05) is 6.61 Å². The van der Waals surface area contributed by atoms with E-state index in [0.717, 1.165) is 16.7 Å². The van der Waals surface area contributed by atoms with Gasteiger partial charge in [-0.25, -0.2) is 0 Å². The van der Waals surface area contributed by atoms with E-state index in [1.54, 1.807) is 6.92 Å². The van der Waals surface area contributed by atoms with Crippen LogP contribution >= 0.6 is 0 Å². The molecule has 0 amide bonds. The van der Waals surface area contributed by atoms with Gasteiger partial charge in [-0.1, -0.05) is 18.2 Å². The molecule has 0 bridgehead atoms. The van der Waals surface area contributed by atoms with E-state index in [9.17, 15) is 4.79 Å². The summed E-state index contributed by atoms with van der Waals surface area (Å²) in [5.41, 5.74) is 3.26. The molecule has 0 atom stereocenters. The molecule has 0 saturated carbocycles. The molecule has 0 N–H and O–H groups in total. The van der Waals surface area contributed by atoms with Gasteiger partial charge in [0, 0.05) is 6.42 Å². The van der Waals surface area contributed by atoms with Crippen LogP contribution in [0.1, 0.15) is 30.0 Å². The Morgan fingerprint density at radius 1 is 1.47 bits per heavy atom. The lowest BCUT2D eigenvalue weighted by Gasteiger charge is -2.06. The third-order valence-electron chi connectivity index (χ3n) is 2.60. The van der Waals surface area contributed by atoms with E-state index in [1.807, 2.05) is 25.1 Å². The molecular formula is C14H17NO2. The van der Waals surface area contributed by atoms with Gasteiger partial charge in [0.15, 0.2) is 0 Å². The van der Waals surface area contributed by atoms with Crippen LogP contribution in [0.25, 0.3) is 0 Å². The third kappa shape index (κ3) is 4.28. The molecule has 0 aliphatic heterocycles. The highest BCUT2D eigenvalue weighted by atomic mass is 16.5. The maximum absolute atomic E-state index is 11.2. The van der Waals surface area contributed by atoms with Crippen LogP contribution in [0.4, 0.5) is 0 Å². The van der Waals surface area contributed by atoms with Crippen molar-refractivity contribution in [1.29, 1.82) is 5.26 Å². The summed E-state index contributed by atoms with van der Waals surface area (Å²) in [4.78, 5) is 11.2. The SMILES string of the molecule is CCOC(=O)CCc1ccc(CC#N)c(C)c1. The summed E-state index contributed by atoms with van der Waals surface area (Å²) in [6.45, 7) is 4.22. The molecule has 0 saturated heterocycles. The van der Waals surface area contributed by atoms with E-state index in [4.69, 9.17) is 10.00 Å². The first-order chi connectivity index (χ1) is 8.17. The number of carbonyl (C=O) groups excluding carboxylic acids is 1. The molecule has 3 heteroatoms. The zero-order valence-electron chi connectivity index (χ0n) is 10.3. The van der Waals surface area contributed by atoms with E-state index >= 15 is 0 Å². The van der Waals surface area contributed by atoms with E-state index in [1.165, 1.54) is 0 Å². The quantitative estimate of drug-likeness (QED) is 0.732. The van der Waals surface area contributed by atoms with Crippen molar-refractivity contribution >= 4 is 5.97 Å². The molecule has 1 rings (SSSR count). The minimum atomic E-state index is -0.161. The van der Waals surface area contributed by atoms with E-state index in [0.29, 0.717) is 25.9 Å². The highest BCUT2D eigenvalue weighted by molar-refractivity contribution is 5.69. The predicted molar refractivity (Wildman–Crippen MR) is 65.5 cm³/mol. The van der Waals surface area contributed by atoms with Crippen LogP contribution in [0.15, 0.2) is 18.2 Å². The summed E-state index contributed by atoms with van der Waals surface area (Å²) in [6.07, 6.45) is 1.53. The fourth-order valence-electron chi connectivity index (χ4n) is 1.68. The van der Waals surface area contributed by atoms with Crippen LogP contribution in [0.2, 0.25) is 0 Å². The molecule has 3 nitrogen and oxygen atoms in total. The fourth-order valence-corrected chi connectivity index (χ4v) is 1.68. The van der Waals surface area contributed by atoms with Gasteiger partial charge in [0.05, 0.1) is 19.1 Å². The normalized spacial score (nSPS) is 9.71. The van der Waals surface area contributed by atoms with Gasteiger partial charge >= 0.3 is 5.97 Å².